The van der Waals surface area contributed by atoms with Crippen molar-refractivity contribution in [3.63, 3.8) is 0 Å². The highest BCUT2D eigenvalue weighted by Crippen LogP contribution is 2.36. The van der Waals surface area contributed by atoms with Crippen molar-refractivity contribution in [2.24, 2.45) is 0 Å². The number of halogens is 3. The van der Waals surface area contributed by atoms with E-state index in [0.29, 0.717) is 6.42 Å². The van der Waals surface area contributed by atoms with E-state index in [2.05, 4.69) is 0 Å². The number of benzene rings is 2. The highest BCUT2D eigenvalue weighted by molar-refractivity contribution is 6.37. The monoisotopic (exact) mass is 358 g/mol. The number of ether oxygens (including phenoxy) is 2. The Balaban J connectivity index is 1.76. The van der Waals surface area contributed by atoms with E-state index >= 15 is 0 Å². The van der Waals surface area contributed by atoms with E-state index in [9.17, 15) is 14.3 Å². The van der Waals surface area contributed by atoms with E-state index in [0.717, 1.165) is 0 Å². The molecule has 0 aliphatic rings. The summed E-state index contributed by atoms with van der Waals surface area (Å²) in [5.74, 6) is -0.750. The zero-order chi connectivity index (χ0) is 16.8. The molecule has 0 aliphatic carbocycles. The zero-order valence-corrected chi connectivity index (χ0v) is 13.4. The van der Waals surface area contributed by atoms with Gasteiger partial charge < -0.3 is 14.6 Å². The van der Waals surface area contributed by atoms with Crippen molar-refractivity contribution in [3.8, 4) is 11.5 Å². The molecule has 0 saturated heterocycles. The molecule has 0 bridgehead atoms. The molecule has 0 fully saturated rings. The Bertz CT molecular complexity index is 666. The minimum Gasteiger partial charge on any atom is -0.508 e. The van der Waals surface area contributed by atoms with Gasteiger partial charge in [0.2, 0.25) is 0 Å². The largest absolute Gasteiger partial charge is 0.508 e. The third-order valence-corrected chi connectivity index (χ3v) is 3.39. The first kappa shape index (κ1) is 17.4. The summed E-state index contributed by atoms with van der Waals surface area (Å²) in [6.07, 6.45) is 0.417. The number of rotatable bonds is 6. The van der Waals surface area contributed by atoms with Crippen LogP contribution in [0.4, 0.5) is 4.39 Å². The molecular formula is C16H13Cl2FO4. The summed E-state index contributed by atoms with van der Waals surface area (Å²) in [4.78, 5) is 11.7. The molecule has 0 aliphatic heterocycles. The van der Waals surface area contributed by atoms with Crippen LogP contribution in [0.25, 0.3) is 0 Å². The van der Waals surface area contributed by atoms with Crippen molar-refractivity contribution in [1.29, 1.82) is 0 Å². The fraction of sp³-hybridized carbons (Fsp3) is 0.188. The van der Waals surface area contributed by atoms with Gasteiger partial charge >= 0.3 is 5.97 Å². The predicted octanol–water partition coefficient (Wildman–Crippen LogP) is 4.46. The molecule has 0 spiro atoms. The zero-order valence-electron chi connectivity index (χ0n) is 11.9. The van der Waals surface area contributed by atoms with Crippen molar-refractivity contribution in [2.45, 2.75) is 6.42 Å². The maximum atomic E-state index is 12.7. The normalized spacial score (nSPS) is 10.4. The van der Waals surface area contributed by atoms with Crippen molar-refractivity contribution >= 4 is 29.2 Å². The van der Waals surface area contributed by atoms with Crippen LogP contribution in [0.3, 0.4) is 0 Å². The van der Waals surface area contributed by atoms with Crippen molar-refractivity contribution < 1.29 is 23.8 Å². The molecule has 23 heavy (non-hydrogen) atoms. The summed E-state index contributed by atoms with van der Waals surface area (Å²) < 4.78 is 23.2. The van der Waals surface area contributed by atoms with Crippen LogP contribution in [0.5, 0.6) is 11.5 Å². The van der Waals surface area contributed by atoms with Crippen LogP contribution in [0, 0.1) is 5.82 Å². The summed E-state index contributed by atoms with van der Waals surface area (Å²) in [5, 5.41) is 9.69. The predicted molar refractivity (Wildman–Crippen MR) is 84.9 cm³/mol. The van der Waals surface area contributed by atoms with Gasteiger partial charge in [-0.3, -0.25) is 0 Å². The molecule has 0 atom stereocenters. The summed E-state index contributed by atoms with van der Waals surface area (Å²) in [5.41, 5.74) is 0.275. The lowest BCUT2D eigenvalue weighted by atomic mass is 10.2. The second kappa shape index (κ2) is 8.04. The molecule has 122 valence electrons. The Morgan fingerprint density at radius 3 is 2.30 bits per heavy atom. The van der Waals surface area contributed by atoms with Crippen LogP contribution in [-0.4, -0.2) is 24.3 Å². The lowest BCUT2D eigenvalue weighted by Crippen LogP contribution is -2.09. The van der Waals surface area contributed by atoms with Gasteiger partial charge in [-0.25, -0.2) is 9.18 Å². The SMILES string of the molecule is O=C(OCCCOc1c(Cl)cc(O)cc1Cl)c1ccc(F)cc1. The molecule has 1 N–H and O–H groups in total. The highest BCUT2D eigenvalue weighted by atomic mass is 35.5. The number of carbonyl (C=O) groups excluding carboxylic acids is 1. The third-order valence-electron chi connectivity index (χ3n) is 2.83. The molecule has 0 aromatic heterocycles. The van der Waals surface area contributed by atoms with E-state index < -0.39 is 11.8 Å². The van der Waals surface area contributed by atoms with E-state index in [1.807, 2.05) is 0 Å². The van der Waals surface area contributed by atoms with Crippen molar-refractivity contribution in [2.75, 3.05) is 13.2 Å². The van der Waals surface area contributed by atoms with Gasteiger partial charge in [0.05, 0.1) is 28.8 Å². The minimum atomic E-state index is -0.536. The molecule has 0 saturated carbocycles. The van der Waals surface area contributed by atoms with Gasteiger partial charge in [-0.05, 0) is 24.3 Å². The molecule has 2 rings (SSSR count). The van der Waals surface area contributed by atoms with Crippen molar-refractivity contribution in [1.82, 2.24) is 0 Å². The first-order valence-corrected chi connectivity index (χ1v) is 7.46. The van der Waals surface area contributed by atoms with Crippen LogP contribution in [0.1, 0.15) is 16.8 Å². The van der Waals surface area contributed by atoms with Crippen LogP contribution >= 0.6 is 23.2 Å². The molecule has 2 aromatic rings. The first-order chi connectivity index (χ1) is 11.0. The topological polar surface area (TPSA) is 55.8 Å². The highest BCUT2D eigenvalue weighted by Gasteiger charge is 2.10. The minimum absolute atomic E-state index is 0.0550. The average Bonchev–Trinajstić information content (AvgIpc) is 2.49. The average molecular weight is 359 g/mol. The second-order valence-electron chi connectivity index (χ2n) is 4.58. The Hall–Kier alpha value is -1.98. The summed E-state index contributed by atoms with van der Waals surface area (Å²) in [6.45, 7) is 0.352. The molecule has 4 nitrogen and oxygen atoms in total. The molecule has 0 amide bonds. The van der Waals surface area contributed by atoms with Gasteiger partial charge in [0.25, 0.3) is 0 Å². The van der Waals surface area contributed by atoms with Crippen LogP contribution in [0.2, 0.25) is 10.0 Å². The maximum absolute atomic E-state index is 12.7. The lowest BCUT2D eigenvalue weighted by Gasteiger charge is -2.10. The first-order valence-electron chi connectivity index (χ1n) is 6.71. The molecule has 2 aromatic carbocycles. The number of esters is 1. The van der Waals surface area contributed by atoms with Gasteiger partial charge in [-0.2, -0.15) is 0 Å². The number of phenolic OH excluding ortho intramolecular Hbond substituents is 1. The summed E-state index contributed by atoms with van der Waals surface area (Å²) >= 11 is 11.8. The Morgan fingerprint density at radius 1 is 1.09 bits per heavy atom. The van der Waals surface area contributed by atoms with Gasteiger partial charge in [0.1, 0.15) is 11.6 Å². The van der Waals surface area contributed by atoms with E-state index in [1.54, 1.807) is 0 Å². The quantitative estimate of drug-likeness (QED) is 0.611. The third kappa shape index (κ3) is 5.01. The second-order valence-corrected chi connectivity index (χ2v) is 5.40. The van der Waals surface area contributed by atoms with Crippen LogP contribution in [-0.2, 0) is 4.74 Å². The van der Waals surface area contributed by atoms with Gasteiger partial charge in [-0.1, -0.05) is 23.2 Å². The number of phenols is 1. The van der Waals surface area contributed by atoms with Gasteiger partial charge in [-0.15, -0.1) is 0 Å². The number of hydrogen-bond donors (Lipinski definition) is 1. The molecule has 0 radical (unpaired) electrons. The lowest BCUT2D eigenvalue weighted by molar-refractivity contribution is 0.0486. The Labute approximate surface area is 142 Å². The molecule has 0 heterocycles. The number of carbonyl (C=O) groups is 1. The molecule has 0 unspecified atom stereocenters. The van der Waals surface area contributed by atoms with E-state index in [1.165, 1.54) is 36.4 Å². The van der Waals surface area contributed by atoms with Crippen LogP contribution < -0.4 is 4.74 Å². The Morgan fingerprint density at radius 2 is 1.70 bits per heavy atom. The fourth-order valence-electron chi connectivity index (χ4n) is 1.75. The Kier molecular flexibility index (Phi) is 6.07. The molecule has 7 heteroatoms. The number of hydrogen-bond acceptors (Lipinski definition) is 4. The summed E-state index contributed by atoms with van der Waals surface area (Å²) in [6, 6.07) is 7.71. The van der Waals surface area contributed by atoms with Gasteiger partial charge in [0.15, 0.2) is 5.75 Å². The summed E-state index contributed by atoms with van der Waals surface area (Å²) in [7, 11) is 0. The molecular weight excluding hydrogens is 346 g/mol. The van der Waals surface area contributed by atoms with Crippen LogP contribution in [0.15, 0.2) is 36.4 Å². The standard InChI is InChI=1S/C16H13Cl2FO4/c17-13-8-12(20)9-14(18)15(13)22-6-1-7-23-16(21)10-2-4-11(19)5-3-10/h2-5,8-9,20H,1,6-7H2. The van der Waals surface area contributed by atoms with E-state index in [-0.39, 0.29) is 40.3 Å². The van der Waals surface area contributed by atoms with Crippen molar-refractivity contribution in [3.05, 3.63) is 57.8 Å². The maximum Gasteiger partial charge on any atom is 0.338 e. The van der Waals surface area contributed by atoms with E-state index in [4.69, 9.17) is 32.7 Å². The fourth-order valence-corrected chi connectivity index (χ4v) is 2.34. The van der Waals surface area contributed by atoms with Gasteiger partial charge in [0, 0.05) is 18.6 Å². The number of aromatic hydroxyl groups is 1. The smallest absolute Gasteiger partial charge is 0.338 e.